The highest BCUT2D eigenvalue weighted by Gasteiger charge is 2.23. The van der Waals surface area contributed by atoms with E-state index in [2.05, 4.69) is 26.7 Å². The minimum Gasteiger partial charge on any atom is -0.328 e. The standard InChI is InChI=1S/C22H21BrN4O2/c23-17-11-12-19(26-22(29)16-9-5-2-6-10-16)18(13-17)21(25-14-20(28)27-24)15-7-3-1-4-8-15/h1-13,21,25H,14,24H2,(H,26,29)(H,27,28)/p+1/t21-/m0/s1. The van der Waals surface area contributed by atoms with Gasteiger partial charge in [0.2, 0.25) is 0 Å². The topological polar surface area (TPSA) is 101 Å². The summed E-state index contributed by atoms with van der Waals surface area (Å²) in [6, 6.07) is 24.3. The summed E-state index contributed by atoms with van der Waals surface area (Å²) < 4.78 is 0.878. The number of carbonyl (C=O) groups is 2. The van der Waals surface area contributed by atoms with Gasteiger partial charge in [-0.25, -0.2) is 5.84 Å². The van der Waals surface area contributed by atoms with E-state index in [1.165, 1.54) is 0 Å². The highest BCUT2D eigenvalue weighted by atomic mass is 79.9. The van der Waals surface area contributed by atoms with Gasteiger partial charge in [0, 0.05) is 21.2 Å². The Morgan fingerprint density at radius 2 is 1.62 bits per heavy atom. The van der Waals surface area contributed by atoms with Gasteiger partial charge in [0.1, 0.15) is 6.04 Å². The Hall–Kier alpha value is -3.00. The lowest BCUT2D eigenvalue weighted by atomic mass is 9.96. The second-order valence-electron chi connectivity index (χ2n) is 6.45. The van der Waals surface area contributed by atoms with Crippen molar-refractivity contribution in [3.63, 3.8) is 0 Å². The molecule has 0 aliphatic rings. The summed E-state index contributed by atoms with van der Waals surface area (Å²) in [6.07, 6.45) is 0. The molecule has 0 fully saturated rings. The number of amides is 2. The van der Waals surface area contributed by atoms with Gasteiger partial charge in [-0.1, -0.05) is 64.5 Å². The normalized spacial score (nSPS) is 11.5. The summed E-state index contributed by atoms with van der Waals surface area (Å²) >= 11 is 3.52. The van der Waals surface area contributed by atoms with E-state index in [1.54, 1.807) is 12.1 Å². The molecule has 3 aromatic carbocycles. The zero-order valence-corrected chi connectivity index (χ0v) is 17.2. The van der Waals surface area contributed by atoms with E-state index in [0.29, 0.717) is 11.3 Å². The summed E-state index contributed by atoms with van der Waals surface area (Å²) in [5.74, 6) is 4.76. The molecule has 3 aromatic rings. The van der Waals surface area contributed by atoms with Crippen molar-refractivity contribution in [3.05, 3.63) is 100 Å². The number of carbonyl (C=O) groups excluding carboxylic acids is 2. The average Bonchev–Trinajstić information content (AvgIpc) is 2.76. The number of quaternary nitrogens is 1. The molecule has 0 bridgehead atoms. The monoisotopic (exact) mass is 453 g/mol. The van der Waals surface area contributed by atoms with Crippen LogP contribution in [0.2, 0.25) is 0 Å². The first-order chi connectivity index (χ1) is 14.1. The van der Waals surface area contributed by atoms with Crippen molar-refractivity contribution in [1.82, 2.24) is 5.43 Å². The lowest BCUT2D eigenvalue weighted by Gasteiger charge is -2.20. The third-order valence-corrected chi connectivity index (χ3v) is 4.98. The molecule has 0 unspecified atom stereocenters. The van der Waals surface area contributed by atoms with E-state index in [0.717, 1.165) is 15.6 Å². The van der Waals surface area contributed by atoms with Crippen LogP contribution in [0.15, 0.2) is 83.3 Å². The van der Waals surface area contributed by atoms with Gasteiger partial charge < -0.3 is 10.6 Å². The Balaban J connectivity index is 1.97. The number of hydrogen-bond acceptors (Lipinski definition) is 3. The lowest BCUT2D eigenvalue weighted by Crippen LogP contribution is -2.88. The molecule has 148 valence electrons. The maximum Gasteiger partial charge on any atom is 0.288 e. The van der Waals surface area contributed by atoms with Crippen LogP contribution < -0.4 is 21.9 Å². The highest BCUT2D eigenvalue weighted by molar-refractivity contribution is 9.10. The number of benzene rings is 3. The van der Waals surface area contributed by atoms with Gasteiger partial charge in [0.05, 0.1) is 5.69 Å². The molecule has 29 heavy (non-hydrogen) atoms. The summed E-state index contributed by atoms with van der Waals surface area (Å²) in [5.41, 5.74) is 5.29. The SMILES string of the molecule is NNC(=O)C[NH2+][C@@H](c1ccccc1)c1cc(Br)ccc1NC(=O)c1ccccc1. The highest BCUT2D eigenvalue weighted by Crippen LogP contribution is 2.29. The van der Waals surface area contributed by atoms with Crippen molar-refractivity contribution >= 4 is 33.4 Å². The molecule has 0 saturated carbocycles. The molecule has 3 rings (SSSR count). The maximum atomic E-state index is 12.7. The van der Waals surface area contributed by atoms with Crippen molar-refractivity contribution in [2.45, 2.75) is 6.04 Å². The van der Waals surface area contributed by atoms with Crippen LogP contribution in [0.1, 0.15) is 27.5 Å². The number of nitrogens with one attached hydrogen (secondary N) is 2. The fourth-order valence-corrected chi connectivity index (χ4v) is 3.45. The summed E-state index contributed by atoms with van der Waals surface area (Å²) in [5, 5.41) is 4.89. The lowest BCUT2D eigenvalue weighted by molar-refractivity contribution is -0.676. The van der Waals surface area contributed by atoms with E-state index in [4.69, 9.17) is 5.84 Å². The van der Waals surface area contributed by atoms with E-state index < -0.39 is 0 Å². The van der Waals surface area contributed by atoms with Crippen LogP contribution in [0.5, 0.6) is 0 Å². The molecule has 7 heteroatoms. The zero-order valence-electron chi connectivity index (χ0n) is 15.6. The van der Waals surface area contributed by atoms with E-state index in [9.17, 15) is 9.59 Å². The molecule has 0 saturated heterocycles. The molecule has 2 amide bonds. The molecule has 0 radical (unpaired) electrons. The second kappa shape index (κ2) is 9.97. The summed E-state index contributed by atoms with van der Waals surface area (Å²) in [6.45, 7) is 0.147. The molecule has 0 spiro atoms. The molecule has 0 aromatic heterocycles. The van der Waals surface area contributed by atoms with Gasteiger partial charge in [-0.15, -0.1) is 0 Å². The van der Waals surface area contributed by atoms with Crippen LogP contribution in [-0.2, 0) is 4.79 Å². The minimum atomic E-state index is -0.282. The van der Waals surface area contributed by atoms with Crippen molar-refractivity contribution in [1.29, 1.82) is 0 Å². The van der Waals surface area contributed by atoms with E-state index in [-0.39, 0.29) is 24.4 Å². The largest absolute Gasteiger partial charge is 0.328 e. The number of anilines is 1. The summed E-state index contributed by atoms with van der Waals surface area (Å²) in [7, 11) is 0. The van der Waals surface area contributed by atoms with Crippen molar-refractivity contribution in [3.8, 4) is 0 Å². The summed E-state index contributed by atoms with van der Waals surface area (Å²) in [4.78, 5) is 24.5. The Morgan fingerprint density at radius 3 is 2.28 bits per heavy atom. The van der Waals surface area contributed by atoms with Crippen LogP contribution >= 0.6 is 15.9 Å². The van der Waals surface area contributed by atoms with Crippen LogP contribution in [0, 0.1) is 0 Å². The first-order valence-corrected chi connectivity index (χ1v) is 9.91. The molecule has 0 aliphatic heterocycles. The van der Waals surface area contributed by atoms with Crippen molar-refractivity contribution in [2.75, 3.05) is 11.9 Å². The fraction of sp³-hybridized carbons (Fsp3) is 0.0909. The molecule has 0 aliphatic carbocycles. The quantitative estimate of drug-likeness (QED) is 0.251. The number of halogens is 1. The average molecular weight is 454 g/mol. The molecule has 6 nitrogen and oxygen atoms in total. The van der Waals surface area contributed by atoms with Gasteiger partial charge in [-0.3, -0.25) is 15.0 Å². The van der Waals surface area contributed by atoms with E-state index in [1.807, 2.05) is 72.0 Å². The third-order valence-electron chi connectivity index (χ3n) is 4.49. The van der Waals surface area contributed by atoms with Gasteiger partial charge in [0.25, 0.3) is 11.8 Å². The maximum absolute atomic E-state index is 12.7. The third kappa shape index (κ3) is 5.51. The smallest absolute Gasteiger partial charge is 0.288 e. The Kier molecular flexibility index (Phi) is 7.13. The van der Waals surface area contributed by atoms with Crippen LogP contribution in [0.3, 0.4) is 0 Å². The Bertz CT molecular complexity index is 981. The minimum absolute atomic E-state index is 0.147. The Morgan fingerprint density at radius 1 is 0.966 bits per heavy atom. The first kappa shape index (κ1) is 20.7. The van der Waals surface area contributed by atoms with E-state index >= 15 is 0 Å². The number of rotatable bonds is 7. The fourth-order valence-electron chi connectivity index (χ4n) is 3.08. The molecule has 6 N–H and O–H groups in total. The van der Waals surface area contributed by atoms with Crippen LogP contribution in [0.4, 0.5) is 5.69 Å². The van der Waals surface area contributed by atoms with Gasteiger partial charge in [0.15, 0.2) is 6.54 Å². The van der Waals surface area contributed by atoms with Crippen LogP contribution in [0.25, 0.3) is 0 Å². The number of hydrazine groups is 1. The molecule has 1 atom stereocenters. The van der Waals surface area contributed by atoms with Crippen molar-refractivity contribution in [2.24, 2.45) is 5.84 Å². The predicted octanol–water partition coefficient (Wildman–Crippen LogP) is 2.34. The molecule has 0 heterocycles. The number of nitrogens with two attached hydrogens (primary N) is 2. The number of hydrogen-bond donors (Lipinski definition) is 4. The van der Waals surface area contributed by atoms with Gasteiger partial charge >= 0.3 is 0 Å². The molecular formula is C22H22BrN4O2+. The molecular weight excluding hydrogens is 432 g/mol. The first-order valence-electron chi connectivity index (χ1n) is 9.12. The second-order valence-corrected chi connectivity index (χ2v) is 7.36. The van der Waals surface area contributed by atoms with Crippen molar-refractivity contribution < 1.29 is 14.9 Å². The van der Waals surface area contributed by atoms with Crippen LogP contribution in [-0.4, -0.2) is 18.4 Å². The zero-order chi connectivity index (χ0) is 20.6. The Labute approximate surface area is 177 Å². The van der Waals surface area contributed by atoms with Gasteiger partial charge in [-0.2, -0.15) is 0 Å². The van der Waals surface area contributed by atoms with Gasteiger partial charge in [-0.05, 0) is 30.3 Å². The predicted molar refractivity (Wildman–Crippen MR) is 116 cm³/mol.